The van der Waals surface area contributed by atoms with E-state index in [1.54, 1.807) is 7.11 Å². The number of rotatable bonds is 3. The zero-order chi connectivity index (χ0) is 13.1. The van der Waals surface area contributed by atoms with E-state index in [1.165, 1.54) is 18.4 Å². The van der Waals surface area contributed by atoms with Gasteiger partial charge in [0.1, 0.15) is 5.75 Å². The zero-order valence-electron chi connectivity index (χ0n) is 10.4. The molecule has 2 rings (SSSR count). The summed E-state index contributed by atoms with van der Waals surface area (Å²) in [5, 5.41) is 0.834. The maximum absolute atomic E-state index is 11.6. The fourth-order valence-electron chi connectivity index (χ4n) is 1.60. The van der Waals surface area contributed by atoms with Crippen molar-refractivity contribution in [1.29, 1.82) is 0 Å². The summed E-state index contributed by atoms with van der Waals surface area (Å²) < 4.78 is 9.84. The minimum atomic E-state index is -0.412. The van der Waals surface area contributed by atoms with Crippen LogP contribution in [0.4, 0.5) is 0 Å². The van der Waals surface area contributed by atoms with E-state index in [1.807, 2.05) is 31.2 Å². The van der Waals surface area contributed by atoms with Gasteiger partial charge >= 0.3 is 5.97 Å². The first-order chi connectivity index (χ1) is 8.65. The van der Waals surface area contributed by atoms with Crippen molar-refractivity contribution in [3.05, 3.63) is 35.0 Å². The summed E-state index contributed by atoms with van der Waals surface area (Å²) in [5.41, 5.74) is 1.30. The van der Waals surface area contributed by atoms with Gasteiger partial charge in [-0.15, -0.1) is 11.3 Å². The lowest BCUT2D eigenvalue weighted by molar-refractivity contribution is 0.0595. The molecule has 0 aliphatic rings. The van der Waals surface area contributed by atoms with Gasteiger partial charge in [0, 0.05) is 0 Å². The number of nitrogens with zero attached hydrogens (tertiary/aromatic N) is 1. The lowest BCUT2D eigenvalue weighted by Crippen LogP contribution is -2.03. The summed E-state index contributed by atoms with van der Waals surface area (Å²) in [5.74, 6) is 0.366. The van der Waals surface area contributed by atoms with Crippen molar-refractivity contribution in [3.8, 4) is 16.2 Å². The lowest BCUT2D eigenvalue weighted by atomic mass is 10.1. The number of esters is 1. The number of methoxy groups -OCH3 is 2. The van der Waals surface area contributed by atoms with Gasteiger partial charge in [0.05, 0.1) is 24.1 Å². The topological polar surface area (TPSA) is 48.4 Å². The molecule has 1 aromatic carbocycles. The van der Waals surface area contributed by atoms with E-state index in [0.29, 0.717) is 5.69 Å². The quantitative estimate of drug-likeness (QED) is 0.799. The largest absolute Gasteiger partial charge is 0.497 e. The summed E-state index contributed by atoms with van der Waals surface area (Å²) in [6.07, 6.45) is 0. The molecule has 0 spiro atoms. The van der Waals surface area contributed by atoms with Gasteiger partial charge in [-0.05, 0) is 36.8 Å². The fraction of sp³-hybridized carbons (Fsp3) is 0.231. The third kappa shape index (κ3) is 2.36. The Bertz CT molecular complexity index is 560. The molecule has 2 aromatic rings. The third-order valence-electron chi connectivity index (χ3n) is 2.47. The molecule has 0 radical (unpaired) electrons. The van der Waals surface area contributed by atoms with Crippen molar-refractivity contribution in [2.75, 3.05) is 14.2 Å². The molecule has 0 atom stereocenters. The Labute approximate surface area is 109 Å². The van der Waals surface area contributed by atoms with E-state index in [-0.39, 0.29) is 0 Å². The first kappa shape index (κ1) is 12.6. The number of carbonyl (C=O) groups excluding carboxylic acids is 1. The van der Waals surface area contributed by atoms with Gasteiger partial charge in [0.25, 0.3) is 0 Å². The highest BCUT2D eigenvalue weighted by Gasteiger charge is 2.18. The van der Waals surface area contributed by atoms with Crippen molar-refractivity contribution < 1.29 is 14.3 Å². The Morgan fingerprint density at radius 1 is 1.22 bits per heavy atom. The smallest absolute Gasteiger partial charge is 0.358 e. The lowest BCUT2D eigenvalue weighted by Gasteiger charge is -2.03. The number of thiazole rings is 1. The van der Waals surface area contributed by atoms with Crippen LogP contribution in [0, 0.1) is 6.92 Å². The van der Waals surface area contributed by atoms with E-state index in [4.69, 9.17) is 9.47 Å². The molecule has 0 unspecified atom stereocenters. The van der Waals surface area contributed by atoms with Gasteiger partial charge in [-0.2, -0.15) is 0 Å². The van der Waals surface area contributed by atoms with Gasteiger partial charge in [-0.3, -0.25) is 0 Å². The molecule has 0 bridgehead atoms. The molecular weight excluding hydrogens is 250 g/mol. The number of aryl methyl sites for hydroxylation is 1. The van der Waals surface area contributed by atoms with Crippen LogP contribution in [-0.4, -0.2) is 25.2 Å². The van der Waals surface area contributed by atoms with E-state index >= 15 is 0 Å². The Morgan fingerprint density at radius 3 is 2.44 bits per heavy atom. The first-order valence-corrected chi connectivity index (χ1v) is 6.17. The highest BCUT2D eigenvalue weighted by atomic mass is 32.1. The molecule has 94 valence electrons. The molecule has 0 aliphatic heterocycles. The Kier molecular flexibility index (Phi) is 3.62. The summed E-state index contributed by atoms with van der Waals surface area (Å²) in [6, 6.07) is 7.51. The molecule has 5 heteroatoms. The number of hydrogen-bond donors (Lipinski definition) is 0. The monoisotopic (exact) mass is 263 g/mol. The molecule has 0 aliphatic carbocycles. The molecule has 0 saturated carbocycles. The van der Waals surface area contributed by atoms with E-state index in [2.05, 4.69) is 4.98 Å². The van der Waals surface area contributed by atoms with Gasteiger partial charge in [0.15, 0.2) is 5.69 Å². The summed E-state index contributed by atoms with van der Waals surface area (Å²) >= 11 is 1.47. The van der Waals surface area contributed by atoms with Gasteiger partial charge < -0.3 is 9.47 Å². The van der Waals surface area contributed by atoms with Crippen molar-refractivity contribution >= 4 is 17.3 Å². The van der Waals surface area contributed by atoms with Gasteiger partial charge in [0.2, 0.25) is 0 Å². The van der Waals surface area contributed by atoms with Crippen LogP contribution >= 0.6 is 11.3 Å². The van der Waals surface area contributed by atoms with Crippen LogP contribution in [-0.2, 0) is 4.74 Å². The molecule has 4 nitrogen and oxygen atoms in total. The average molecular weight is 263 g/mol. The van der Waals surface area contributed by atoms with Gasteiger partial charge in [-0.25, -0.2) is 9.78 Å². The normalized spacial score (nSPS) is 10.2. The molecule has 0 fully saturated rings. The molecule has 0 saturated heterocycles. The highest BCUT2D eigenvalue weighted by molar-refractivity contribution is 7.15. The maximum atomic E-state index is 11.6. The minimum absolute atomic E-state index is 0.366. The fourth-order valence-corrected chi connectivity index (χ4v) is 2.51. The predicted octanol–water partition coefficient (Wildman–Crippen LogP) is 2.91. The molecule has 0 N–H and O–H groups in total. The van der Waals surface area contributed by atoms with Crippen molar-refractivity contribution in [3.63, 3.8) is 0 Å². The van der Waals surface area contributed by atoms with Crippen molar-refractivity contribution in [1.82, 2.24) is 4.98 Å². The van der Waals surface area contributed by atoms with E-state index in [9.17, 15) is 4.79 Å². The second-order valence-electron chi connectivity index (χ2n) is 3.63. The molecule has 1 heterocycles. The first-order valence-electron chi connectivity index (χ1n) is 5.36. The zero-order valence-corrected chi connectivity index (χ0v) is 11.2. The number of hydrogen-bond acceptors (Lipinski definition) is 5. The Hall–Kier alpha value is -1.88. The number of carbonyl (C=O) groups is 1. The Morgan fingerprint density at radius 2 is 1.89 bits per heavy atom. The van der Waals surface area contributed by atoms with E-state index in [0.717, 1.165) is 21.2 Å². The molecule has 0 amide bonds. The van der Waals surface area contributed by atoms with Crippen LogP contribution in [0.25, 0.3) is 10.4 Å². The second-order valence-corrected chi connectivity index (χ2v) is 4.83. The number of aromatic nitrogens is 1. The molecular formula is C13H13NO3S. The van der Waals surface area contributed by atoms with Crippen LogP contribution in [0.2, 0.25) is 0 Å². The maximum Gasteiger partial charge on any atom is 0.358 e. The average Bonchev–Trinajstić information content (AvgIpc) is 2.80. The van der Waals surface area contributed by atoms with E-state index < -0.39 is 5.97 Å². The standard InChI is InChI=1S/C13H13NO3S/c1-8-14-11(13(15)17-3)12(18-8)9-4-6-10(16-2)7-5-9/h4-7H,1-3H3. The molecule has 18 heavy (non-hydrogen) atoms. The third-order valence-corrected chi connectivity index (χ3v) is 3.48. The minimum Gasteiger partial charge on any atom is -0.497 e. The number of benzene rings is 1. The van der Waals surface area contributed by atoms with Crippen LogP contribution < -0.4 is 4.74 Å². The predicted molar refractivity (Wildman–Crippen MR) is 70.2 cm³/mol. The second kappa shape index (κ2) is 5.18. The van der Waals surface area contributed by atoms with Crippen molar-refractivity contribution in [2.24, 2.45) is 0 Å². The highest BCUT2D eigenvalue weighted by Crippen LogP contribution is 2.31. The SMILES string of the molecule is COC(=O)c1nc(C)sc1-c1ccc(OC)cc1. The van der Waals surface area contributed by atoms with Crippen LogP contribution in [0.5, 0.6) is 5.75 Å². The number of ether oxygens (including phenoxy) is 2. The summed E-state index contributed by atoms with van der Waals surface area (Å²) in [7, 11) is 2.97. The van der Waals surface area contributed by atoms with Crippen LogP contribution in [0.15, 0.2) is 24.3 Å². The van der Waals surface area contributed by atoms with Crippen LogP contribution in [0.3, 0.4) is 0 Å². The van der Waals surface area contributed by atoms with Crippen molar-refractivity contribution in [2.45, 2.75) is 6.92 Å². The Balaban J connectivity index is 2.45. The molecule has 1 aromatic heterocycles. The summed E-state index contributed by atoms with van der Waals surface area (Å²) in [6.45, 7) is 1.87. The summed E-state index contributed by atoms with van der Waals surface area (Å²) in [4.78, 5) is 16.7. The van der Waals surface area contributed by atoms with Gasteiger partial charge in [-0.1, -0.05) is 0 Å². The van der Waals surface area contributed by atoms with Crippen LogP contribution in [0.1, 0.15) is 15.5 Å².